The number of carbonyl (C=O) groups is 1. The number of amides is 1. The predicted octanol–water partition coefficient (Wildman–Crippen LogP) is 5.97. The number of likely N-dealkylation sites (tertiary alicyclic amines) is 1. The third kappa shape index (κ3) is 3.86. The van der Waals surface area contributed by atoms with Gasteiger partial charge >= 0.3 is 0 Å². The second kappa shape index (κ2) is 8.60. The number of carbonyl (C=O) groups excluding carboxylic acids is 1. The molecular weight excluding hydrogens is 430 g/mol. The quantitative estimate of drug-likeness (QED) is 0.531. The van der Waals surface area contributed by atoms with Crippen molar-refractivity contribution in [3.63, 3.8) is 0 Å². The van der Waals surface area contributed by atoms with Crippen LogP contribution in [-0.2, 0) is 5.41 Å². The molecule has 5 rings (SSSR count). The number of hydrogen-bond donors (Lipinski definition) is 0. The van der Waals surface area contributed by atoms with E-state index in [4.69, 9.17) is 11.6 Å². The first-order valence-electron chi connectivity index (χ1n) is 11.4. The van der Waals surface area contributed by atoms with Crippen molar-refractivity contribution in [1.82, 2.24) is 4.90 Å². The number of hydrogen-bond acceptors (Lipinski definition) is 2. The molecule has 2 aromatic rings. The molecule has 1 aliphatic carbocycles. The molecule has 2 aliphatic heterocycles. The van der Waals surface area contributed by atoms with Crippen LogP contribution >= 0.6 is 11.6 Å². The van der Waals surface area contributed by atoms with E-state index < -0.39 is 23.1 Å². The summed E-state index contributed by atoms with van der Waals surface area (Å²) in [6.45, 7) is 3.42. The molecule has 3 nitrogen and oxygen atoms in total. The molecule has 32 heavy (non-hydrogen) atoms. The Balaban J connectivity index is 1.40. The molecule has 3 aliphatic rings. The average Bonchev–Trinajstić information content (AvgIpc) is 3.09. The first kappa shape index (κ1) is 21.6. The number of allylic oxidation sites excluding steroid dienone is 2. The number of anilines is 1. The van der Waals surface area contributed by atoms with Crippen molar-refractivity contribution in [3.8, 4) is 0 Å². The van der Waals surface area contributed by atoms with E-state index in [9.17, 15) is 13.6 Å². The maximum absolute atomic E-state index is 14.4. The second-order valence-electron chi connectivity index (χ2n) is 9.38. The van der Waals surface area contributed by atoms with E-state index >= 15 is 0 Å². The van der Waals surface area contributed by atoms with Gasteiger partial charge in [-0.05, 0) is 87.0 Å². The Morgan fingerprint density at radius 2 is 1.84 bits per heavy atom. The maximum Gasteiger partial charge on any atom is 0.264 e. The number of benzene rings is 2. The molecule has 1 atom stereocenters. The van der Waals surface area contributed by atoms with E-state index in [1.165, 1.54) is 12.5 Å². The Morgan fingerprint density at radius 3 is 2.53 bits per heavy atom. The summed E-state index contributed by atoms with van der Waals surface area (Å²) in [5.74, 6) is -1.58. The Hall–Kier alpha value is -2.24. The molecule has 6 heteroatoms. The van der Waals surface area contributed by atoms with E-state index in [0.29, 0.717) is 23.2 Å². The number of rotatable bonds is 3. The lowest BCUT2D eigenvalue weighted by Crippen LogP contribution is -2.47. The smallest absolute Gasteiger partial charge is 0.264 e. The molecule has 1 fully saturated rings. The third-order valence-corrected chi connectivity index (χ3v) is 7.65. The molecule has 1 unspecified atom stereocenters. The Morgan fingerprint density at radius 1 is 1.09 bits per heavy atom. The van der Waals surface area contributed by atoms with Gasteiger partial charge in [0.25, 0.3) is 5.91 Å². The standard InChI is InChI=1S/C26H27ClF2N2O/c27-19-9-10-23-20(15-19)26(11-13-30(14-12-26)16-18-5-2-1-3-6-18)17-31(23)25(32)24-21(28)7-4-8-22(24)29/h1-2,4,7-10,15,18H,3,5-6,11-14,16-17H2. The zero-order valence-electron chi connectivity index (χ0n) is 18.0. The van der Waals surface area contributed by atoms with Gasteiger partial charge in [0.05, 0.1) is 0 Å². The molecule has 0 radical (unpaired) electrons. The largest absolute Gasteiger partial charge is 0.307 e. The summed E-state index contributed by atoms with van der Waals surface area (Å²) in [6.07, 6.45) is 9.91. The lowest BCUT2D eigenvalue weighted by atomic mass is 9.74. The molecule has 0 N–H and O–H groups in total. The Kier molecular flexibility index (Phi) is 5.81. The van der Waals surface area contributed by atoms with E-state index in [1.807, 2.05) is 12.1 Å². The number of piperidine rings is 1. The summed E-state index contributed by atoms with van der Waals surface area (Å²) >= 11 is 6.34. The fourth-order valence-corrected chi connectivity index (χ4v) is 5.81. The van der Waals surface area contributed by atoms with Crippen molar-refractivity contribution >= 4 is 23.2 Å². The topological polar surface area (TPSA) is 23.6 Å². The zero-order valence-corrected chi connectivity index (χ0v) is 18.8. The summed E-state index contributed by atoms with van der Waals surface area (Å²) in [6, 6.07) is 9.02. The van der Waals surface area contributed by atoms with Crippen molar-refractivity contribution in [2.24, 2.45) is 5.92 Å². The van der Waals surface area contributed by atoms with E-state index in [1.54, 1.807) is 11.0 Å². The van der Waals surface area contributed by atoms with Crippen LogP contribution in [0.1, 0.15) is 48.0 Å². The number of halogens is 3. The first-order chi connectivity index (χ1) is 15.5. The van der Waals surface area contributed by atoms with E-state index in [2.05, 4.69) is 17.1 Å². The minimum Gasteiger partial charge on any atom is -0.307 e. The van der Waals surface area contributed by atoms with Gasteiger partial charge < -0.3 is 9.80 Å². The molecule has 168 valence electrons. The fourth-order valence-electron chi connectivity index (χ4n) is 5.64. The highest BCUT2D eigenvalue weighted by Crippen LogP contribution is 2.48. The molecule has 0 aromatic heterocycles. The molecular formula is C26H27ClF2N2O. The van der Waals surface area contributed by atoms with Crippen molar-refractivity contribution in [1.29, 1.82) is 0 Å². The van der Waals surface area contributed by atoms with Gasteiger partial charge in [0, 0.05) is 29.2 Å². The minimum absolute atomic E-state index is 0.236. The van der Waals surface area contributed by atoms with Crippen LogP contribution in [-0.4, -0.2) is 37.0 Å². The van der Waals surface area contributed by atoms with Gasteiger partial charge in [0.15, 0.2) is 0 Å². The van der Waals surface area contributed by atoms with Gasteiger partial charge in [-0.15, -0.1) is 0 Å². The summed E-state index contributed by atoms with van der Waals surface area (Å²) < 4.78 is 28.8. The van der Waals surface area contributed by atoms with Crippen LogP contribution in [0.2, 0.25) is 5.02 Å². The first-order valence-corrected chi connectivity index (χ1v) is 11.8. The molecule has 0 saturated carbocycles. The molecule has 1 amide bonds. The second-order valence-corrected chi connectivity index (χ2v) is 9.82. The van der Waals surface area contributed by atoms with Crippen molar-refractivity contribution in [2.45, 2.75) is 37.5 Å². The highest BCUT2D eigenvalue weighted by molar-refractivity contribution is 6.30. The van der Waals surface area contributed by atoms with Crippen LogP contribution in [0, 0.1) is 17.6 Å². The number of fused-ring (bicyclic) bond motifs is 2. The molecule has 2 aromatic carbocycles. The van der Waals surface area contributed by atoms with Crippen LogP contribution in [0.3, 0.4) is 0 Å². The van der Waals surface area contributed by atoms with Crippen molar-refractivity contribution in [2.75, 3.05) is 31.1 Å². The van der Waals surface area contributed by atoms with Crippen LogP contribution in [0.4, 0.5) is 14.5 Å². The van der Waals surface area contributed by atoms with Gasteiger partial charge in [-0.1, -0.05) is 29.8 Å². The van der Waals surface area contributed by atoms with Gasteiger partial charge in [-0.2, -0.15) is 0 Å². The summed E-state index contributed by atoms with van der Waals surface area (Å²) in [5, 5.41) is 0.617. The van der Waals surface area contributed by atoms with Gasteiger partial charge in [-0.25, -0.2) is 8.78 Å². The molecule has 1 saturated heterocycles. The molecule has 2 heterocycles. The zero-order chi connectivity index (χ0) is 22.3. The summed E-state index contributed by atoms with van der Waals surface area (Å²) in [4.78, 5) is 17.4. The lowest BCUT2D eigenvalue weighted by Gasteiger charge is -2.41. The van der Waals surface area contributed by atoms with Gasteiger partial charge in [0.1, 0.15) is 17.2 Å². The normalized spacial score (nSPS) is 22.3. The monoisotopic (exact) mass is 456 g/mol. The maximum atomic E-state index is 14.4. The average molecular weight is 457 g/mol. The van der Waals surface area contributed by atoms with Crippen molar-refractivity contribution in [3.05, 3.63) is 76.3 Å². The van der Waals surface area contributed by atoms with Crippen molar-refractivity contribution < 1.29 is 13.6 Å². The minimum atomic E-state index is -0.831. The molecule has 0 bridgehead atoms. The molecule has 1 spiro atoms. The third-order valence-electron chi connectivity index (χ3n) is 7.41. The lowest BCUT2D eigenvalue weighted by molar-refractivity contribution is 0.0965. The van der Waals surface area contributed by atoms with Crippen LogP contribution in [0.5, 0.6) is 0 Å². The van der Waals surface area contributed by atoms with E-state index in [0.717, 1.165) is 63.0 Å². The van der Waals surface area contributed by atoms with Crippen LogP contribution < -0.4 is 4.90 Å². The summed E-state index contributed by atoms with van der Waals surface area (Å²) in [7, 11) is 0. The SMILES string of the molecule is O=C(c1c(F)cccc1F)N1CC2(CCN(CC3CC=CCC3)CC2)c2cc(Cl)ccc21. The Bertz CT molecular complexity index is 1040. The predicted molar refractivity (Wildman–Crippen MR) is 123 cm³/mol. The van der Waals surface area contributed by atoms with E-state index in [-0.39, 0.29) is 5.41 Å². The summed E-state index contributed by atoms with van der Waals surface area (Å²) in [5.41, 5.74) is 1.01. The fraction of sp³-hybridized carbons (Fsp3) is 0.423. The van der Waals surface area contributed by atoms with Crippen LogP contribution in [0.15, 0.2) is 48.6 Å². The van der Waals surface area contributed by atoms with Gasteiger partial charge in [0.2, 0.25) is 0 Å². The van der Waals surface area contributed by atoms with Gasteiger partial charge in [-0.3, -0.25) is 4.79 Å². The number of nitrogens with zero attached hydrogens (tertiary/aromatic N) is 2. The highest BCUT2D eigenvalue weighted by Gasteiger charge is 2.47. The highest BCUT2D eigenvalue weighted by atomic mass is 35.5. The van der Waals surface area contributed by atoms with Crippen LogP contribution in [0.25, 0.3) is 0 Å². The Labute approximate surface area is 192 Å².